The molecule has 1 aliphatic heterocycles. The standard InChI is InChI=1S/C11H21F3N2/c1-8-4-3-5-9(2)16(8)10(6-7-15)11(12,13)14/h8-10H,3-7,15H2,1-2H3. The van der Waals surface area contributed by atoms with Gasteiger partial charge < -0.3 is 5.73 Å². The van der Waals surface area contributed by atoms with Gasteiger partial charge in [-0.25, -0.2) is 0 Å². The second kappa shape index (κ2) is 5.36. The molecule has 0 aromatic carbocycles. The van der Waals surface area contributed by atoms with Crippen molar-refractivity contribution in [2.45, 2.75) is 63.8 Å². The highest BCUT2D eigenvalue weighted by atomic mass is 19.4. The Bertz CT molecular complexity index is 208. The molecule has 0 bridgehead atoms. The predicted octanol–water partition coefficient (Wildman–Crippen LogP) is 2.53. The largest absolute Gasteiger partial charge is 0.404 e. The maximum absolute atomic E-state index is 12.9. The summed E-state index contributed by atoms with van der Waals surface area (Å²) in [6, 6.07) is -1.37. The minimum atomic E-state index is -4.17. The number of alkyl halides is 3. The summed E-state index contributed by atoms with van der Waals surface area (Å²) in [6.07, 6.45) is -1.45. The first-order valence-corrected chi connectivity index (χ1v) is 5.92. The number of nitrogens with zero attached hydrogens (tertiary/aromatic N) is 1. The summed E-state index contributed by atoms with van der Waals surface area (Å²) in [6.45, 7) is 3.84. The van der Waals surface area contributed by atoms with Gasteiger partial charge in [0.05, 0.1) is 0 Å². The van der Waals surface area contributed by atoms with E-state index in [-0.39, 0.29) is 25.0 Å². The normalized spacial score (nSPS) is 30.4. The van der Waals surface area contributed by atoms with Gasteiger partial charge in [-0.3, -0.25) is 4.90 Å². The molecule has 1 rings (SSSR count). The van der Waals surface area contributed by atoms with Gasteiger partial charge in [0.1, 0.15) is 6.04 Å². The summed E-state index contributed by atoms with van der Waals surface area (Å²) in [4.78, 5) is 1.61. The lowest BCUT2D eigenvalue weighted by atomic mass is 9.94. The Balaban J connectivity index is 2.82. The Kier molecular flexibility index (Phi) is 4.62. The molecular formula is C11H21F3N2. The van der Waals surface area contributed by atoms with Crippen LogP contribution < -0.4 is 5.73 Å². The highest BCUT2D eigenvalue weighted by Crippen LogP contribution is 2.34. The summed E-state index contributed by atoms with van der Waals surface area (Å²) in [5.41, 5.74) is 5.30. The van der Waals surface area contributed by atoms with Crippen molar-refractivity contribution in [1.29, 1.82) is 0 Å². The molecule has 5 heteroatoms. The van der Waals surface area contributed by atoms with Gasteiger partial charge in [0.25, 0.3) is 0 Å². The van der Waals surface area contributed by atoms with Gasteiger partial charge in [-0.2, -0.15) is 13.2 Å². The van der Waals surface area contributed by atoms with Crippen molar-refractivity contribution in [3.05, 3.63) is 0 Å². The van der Waals surface area contributed by atoms with Crippen LogP contribution in [-0.2, 0) is 0 Å². The lowest BCUT2D eigenvalue weighted by Gasteiger charge is -2.44. The van der Waals surface area contributed by atoms with Crippen molar-refractivity contribution >= 4 is 0 Å². The van der Waals surface area contributed by atoms with Crippen molar-refractivity contribution in [3.63, 3.8) is 0 Å². The molecule has 0 spiro atoms. The first-order chi connectivity index (χ1) is 7.38. The molecule has 3 unspecified atom stereocenters. The van der Waals surface area contributed by atoms with Crippen molar-refractivity contribution < 1.29 is 13.2 Å². The fraction of sp³-hybridized carbons (Fsp3) is 1.00. The number of nitrogens with two attached hydrogens (primary N) is 1. The van der Waals surface area contributed by atoms with Crippen LogP contribution in [0.25, 0.3) is 0 Å². The molecular weight excluding hydrogens is 217 g/mol. The summed E-state index contributed by atoms with van der Waals surface area (Å²) in [5, 5.41) is 0. The highest BCUT2D eigenvalue weighted by Gasteiger charge is 2.46. The molecule has 1 saturated heterocycles. The van der Waals surface area contributed by atoms with Crippen molar-refractivity contribution in [3.8, 4) is 0 Å². The molecule has 0 aromatic rings. The zero-order valence-electron chi connectivity index (χ0n) is 9.93. The molecule has 0 saturated carbocycles. The highest BCUT2D eigenvalue weighted by molar-refractivity contribution is 4.89. The van der Waals surface area contributed by atoms with Crippen molar-refractivity contribution in [2.24, 2.45) is 5.73 Å². The third-order valence-electron chi connectivity index (χ3n) is 3.44. The molecule has 2 nitrogen and oxygen atoms in total. The predicted molar refractivity (Wildman–Crippen MR) is 58.1 cm³/mol. The van der Waals surface area contributed by atoms with E-state index in [0.717, 1.165) is 19.3 Å². The lowest BCUT2D eigenvalue weighted by molar-refractivity contribution is -0.200. The van der Waals surface area contributed by atoms with Gasteiger partial charge in [-0.05, 0) is 39.7 Å². The molecule has 0 aliphatic carbocycles. The minimum Gasteiger partial charge on any atom is -0.330 e. The molecule has 0 radical (unpaired) electrons. The SMILES string of the molecule is CC1CCCC(C)N1C(CCN)C(F)(F)F. The molecule has 3 atom stereocenters. The fourth-order valence-corrected chi connectivity index (χ4v) is 2.70. The summed E-state index contributed by atoms with van der Waals surface area (Å²) in [7, 11) is 0. The Labute approximate surface area is 95.0 Å². The average molecular weight is 238 g/mol. The van der Waals surface area contributed by atoms with E-state index in [1.165, 1.54) is 0 Å². The number of hydrogen-bond acceptors (Lipinski definition) is 2. The minimum absolute atomic E-state index is 0.00178. The third kappa shape index (κ3) is 3.10. The molecule has 1 heterocycles. The summed E-state index contributed by atoms with van der Waals surface area (Å²) in [5.74, 6) is 0. The fourth-order valence-electron chi connectivity index (χ4n) is 2.70. The van der Waals surface area contributed by atoms with E-state index in [4.69, 9.17) is 5.73 Å². The van der Waals surface area contributed by atoms with E-state index in [9.17, 15) is 13.2 Å². The summed E-state index contributed by atoms with van der Waals surface area (Å²) >= 11 is 0. The van der Waals surface area contributed by atoms with E-state index in [0.29, 0.717) is 0 Å². The van der Waals surface area contributed by atoms with Crippen molar-refractivity contribution in [1.82, 2.24) is 4.90 Å². The number of piperidine rings is 1. The second-order valence-corrected chi connectivity index (χ2v) is 4.71. The average Bonchev–Trinajstić information content (AvgIpc) is 2.14. The Hall–Kier alpha value is -0.290. The summed E-state index contributed by atoms with van der Waals surface area (Å²) < 4.78 is 38.8. The first-order valence-electron chi connectivity index (χ1n) is 5.92. The maximum atomic E-state index is 12.9. The topological polar surface area (TPSA) is 29.3 Å². The Morgan fingerprint density at radius 1 is 1.25 bits per heavy atom. The van der Waals surface area contributed by atoms with Crippen LogP contribution in [-0.4, -0.2) is 35.7 Å². The quantitative estimate of drug-likeness (QED) is 0.818. The number of likely N-dealkylation sites (tertiary alicyclic amines) is 1. The molecule has 1 aliphatic rings. The number of hydrogen-bond donors (Lipinski definition) is 1. The van der Waals surface area contributed by atoms with Crippen LogP contribution in [0.3, 0.4) is 0 Å². The number of rotatable bonds is 3. The van der Waals surface area contributed by atoms with Crippen LogP contribution in [0.5, 0.6) is 0 Å². The second-order valence-electron chi connectivity index (χ2n) is 4.71. The van der Waals surface area contributed by atoms with Crippen LogP contribution in [0.1, 0.15) is 39.5 Å². The van der Waals surface area contributed by atoms with Gasteiger partial charge in [-0.15, -0.1) is 0 Å². The van der Waals surface area contributed by atoms with E-state index < -0.39 is 12.2 Å². The zero-order chi connectivity index (χ0) is 12.3. The lowest BCUT2D eigenvalue weighted by Crippen LogP contribution is -2.56. The van der Waals surface area contributed by atoms with E-state index in [2.05, 4.69) is 0 Å². The van der Waals surface area contributed by atoms with E-state index in [1.807, 2.05) is 13.8 Å². The van der Waals surface area contributed by atoms with Crippen LogP contribution in [0.4, 0.5) is 13.2 Å². The molecule has 2 N–H and O–H groups in total. The van der Waals surface area contributed by atoms with Crippen LogP contribution >= 0.6 is 0 Å². The molecule has 96 valence electrons. The molecule has 0 aromatic heterocycles. The Morgan fingerprint density at radius 2 is 1.75 bits per heavy atom. The molecule has 1 fully saturated rings. The molecule has 16 heavy (non-hydrogen) atoms. The first kappa shape index (κ1) is 13.8. The number of halogens is 3. The molecule has 0 amide bonds. The van der Waals surface area contributed by atoms with E-state index >= 15 is 0 Å². The smallest absolute Gasteiger partial charge is 0.330 e. The third-order valence-corrected chi connectivity index (χ3v) is 3.44. The van der Waals surface area contributed by atoms with E-state index in [1.54, 1.807) is 4.90 Å². The van der Waals surface area contributed by atoms with Gasteiger partial charge in [0.15, 0.2) is 0 Å². The van der Waals surface area contributed by atoms with Crippen LogP contribution in [0, 0.1) is 0 Å². The van der Waals surface area contributed by atoms with Gasteiger partial charge in [0, 0.05) is 12.1 Å². The monoisotopic (exact) mass is 238 g/mol. The van der Waals surface area contributed by atoms with Crippen LogP contribution in [0.2, 0.25) is 0 Å². The zero-order valence-corrected chi connectivity index (χ0v) is 9.93. The maximum Gasteiger partial charge on any atom is 0.404 e. The Morgan fingerprint density at radius 3 is 2.12 bits per heavy atom. The van der Waals surface area contributed by atoms with Crippen LogP contribution in [0.15, 0.2) is 0 Å². The van der Waals surface area contributed by atoms with Gasteiger partial charge in [-0.1, -0.05) is 6.42 Å². The van der Waals surface area contributed by atoms with Gasteiger partial charge in [0.2, 0.25) is 0 Å². The van der Waals surface area contributed by atoms with Gasteiger partial charge >= 0.3 is 6.18 Å². The van der Waals surface area contributed by atoms with Crippen molar-refractivity contribution in [2.75, 3.05) is 6.54 Å².